The minimum atomic E-state index is -1.44. The van der Waals surface area contributed by atoms with Gasteiger partial charge in [0.25, 0.3) is 0 Å². The maximum absolute atomic E-state index is 13.1. The molecule has 2 aromatic rings. The zero-order valence-electron chi connectivity index (χ0n) is 19.7. The molecule has 0 aromatic heterocycles. The molecular formula is C27H28N2O6. The summed E-state index contributed by atoms with van der Waals surface area (Å²) in [5.74, 6) is 3.91. The lowest BCUT2D eigenvalue weighted by Crippen LogP contribution is -2.50. The minimum Gasteiger partial charge on any atom is -0.479 e. The number of carbonyl (C=O) groups is 3. The van der Waals surface area contributed by atoms with Gasteiger partial charge in [0.1, 0.15) is 12.6 Å². The summed E-state index contributed by atoms with van der Waals surface area (Å²) in [6.45, 7) is 1.88. The van der Waals surface area contributed by atoms with E-state index >= 15 is 0 Å². The first-order chi connectivity index (χ1) is 16.9. The Bertz CT molecular complexity index is 1150. The number of nitrogens with zero attached hydrogens (tertiary/aromatic N) is 1. The van der Waals surface area contributed by atoms with Crippen molar-refractivity contribution < 1.29 is 29.0 Å². The number of methoxy groups -OCH3 is 1. The van der Waals surface area contributed by atoms with Gasteiger partial charge in [-0.05, 0) is 29.2 Å². The molecule has 0 spiro atoms. The van der Waals surface area contributed by atoms with Crippen LogP contribution in [-0.4, -0.2) is 66.4 Å². The Morgan fingerprint density at radius 3 is 2.31 bits per heavy atom. The molecule has 2 aromatic carbocycles. The number of fused-ring (bicyclic) bond motifs is 3. The summed E-state index contributed by atoms with van der Waals surface area (Å²) in [4.78, 5) is 38.9. The van der Waals surface area contributed by atoms with Crippen LogP contribution >= 0.6 is 0 Å². The number of hydrogen-bond donors (Lipinski definition) is 2. The molecule has 182 valence electrons. The van der Waals surface area contributed by atoms with Gasteiger partial charge in [0, 0.05) is 32.4 Å². The zero-order chi connectivity index (χ0) is 25.0. The summed E-state index contributed by atoms with van der Waals surface area (Å²) >= 11 is 0. The molecule has 8 nitrogen and oxygen atoms in total. The van der Waals surface area contributed by atoms with Crippen LogP contribution in [-0.2, 0) is 19.1 Å². The summed E-state index contributed by atoms with van der Waals surface area (Å²) < 4.78 is 10.8. The van der Waals surface area contributed by atoms with Crippen molar-refractivity contribution in [3.8, 4) is 23.0 Å². The molecular weight excluding hydrogens is 448 g/mol. The van der Waals surface area contributed by atoms with Crippen LogP contribution in [0.3, 0.4) is 0 Å². The highest BCUT2D eigenvalue weighted by molar-refractivity contribution is 5.88. The van der Waals surface area contributed by atoms with Crippen molar-refractivity contribution in [1.82, 2.24) is 10.2 Å². The first-order valence-corrected chi connectivity index (χ1v) is 11.5. The van der Waals surface area contributed by atoms with Crippen molar-refractivity contribution in [2.24, 2.45) is 0 Å². The zero-order valence-corrected chi connectivity index (χ0v) is 19.7. The Kier molecular flexibility index (Phi) is 7.08. The maximum Gasteiger partial charge on any atom is 0.407 e. The molecule has 4 rings (SSSR count). The van der Waals surface area contributed by atoms with Crippen molar-refractivity contribution in [3.05, 3.63) is 59.7 Å². The number of carboxylic acids is 1. The molecule has 0 bridgehead atoms. The normalized spacial score (nSPS) is 19.2. The second-order valence-corrected chi connectivity index (χ2v) is 8.67. The highest BCUT2D eigenvalue weighted by atomic mass is 16.5. The molecule has 1 heterocycles. The number of likely N-dealkylation sites (tertiary alicyclic amines) is 1. The fraction of sp³-hybridized carbons (Fsp3) is 0.370. The van der Waals surface area contributed by atoms with Crippen LogP contribution in [0.1, 0.15) is 36.8 Å². The number of carbonyl (C=O) groups excluding carboxylic acids is 2. The first-order valence-electron chi connectivity index (χ1n) is 11.5. The Morgan fingerprint density at radius 1 is 1.14 bits per heavy atom. The fourth-order valence-corrected chi connectivity index (χ4v) is 4.81. The number of carboxylic acid groups (broad SMARTS) is 1. The quantitative estimate of drug-likeness (QED) is 0.596. The average Bonchev–Trinajstić information content (AvgIpc) is 3.46. The number of rotatable bonds is 7. The summed E-state index contributed by atoms with van der Waals surface area (Å²) in [6.07, 6.45) is -0.469. The first kappa shape index (κ1) is 24.3. The van der Waals surface area contributed by atoms with E-state index < -0.39 is 29.6 Å². The van der Waals surface area contributed by atoms with E-state index in [4.69, 9.17) is 9.47 Å². The number of ether oxygens (including phenoxy) is 2. The van der Waals surface area contributed by atoms with Crippen LogP contribution in [0.5, 0.6) is 0 Å². The van der Waals surface area contributed by atoms with Crippen LogP contribution in [0.4, 0.5) is 4.79 Å². The molecule has 0 saturated carbocycles. The molecule has 35 heavy (non-hydrogen) atoms. The smallest absolute Gasteiger partial charge is 0.407 e. The highest BCUT2D eigenvalue weighted by Gasteiger charge is 2.47. The van der Waals surface area contributed by atoms with E-state index in [9.17, 15) is 19.5 Å². The van der Waals surface area contributed by atoms with Crippen LogP contribution in [0.25, 0.3) is 11.1 Å². The maximum atomic E-state index is 13.1. The van der Waals surface area contributed by atoms with Crippen LogP contribution in [0, 0.1) is 11.8 Å². The molecule has 1 aliphatic heterocycles. The summed E-state index contributed by atoms with van der Waals surface area (Å²) in [5.41, 5.74) is 2.98. The number of hydrogen-bond acceptors (Lipinski definition) is 5. The Balaban J connectivity index is 1.43. The molecule has 2 atom stereocenters. The van der Waals surface area contributed by atoms with Crippen LogP contribution in [0.15, 0.2) is 48.5 Å². The standard InChI is InChI=1S/C27H28N2O6/c1-3-4-13-23(24(30)29-15-14-27(17-29,34-2)25(31)32)28-26(33)35-16-22-20-11-7-5-9-18(20)19-10-6-8-12-21(19)22/h5-12,22-23H,13-17H2,1-2H3,(H,28,33)(H,31,32). The van der Waals surface area contributed by atoms with E-state index in [2.05, 4.69) is 29.3 Å². The lowest BCUT2D eigenvalue weighted by atomic mass is 9.98. The lowest BCUT2D eigenvalue weighted by molar-refractivity contribution is -0.161. The second-order valence-electron chi connectivity index (χ2n) is 8.67. The number of nitrogens with one attached hydrogen (secondary N) is 1. The highest BCUT2D eigenvalue weighted by Crippen LogP contribution is 2.44. The molecule has 1 fully saturated rings. The van der Waals surface area contributed by atoms with Crippen LogP contribution in [0.2, 0.25) is 0 Å². The number of alkyl carbamates (subject to hydrolysis) is 1. The topological polar surface area (TPSA) is 105 Å². The van der Waals surface area contributed by atoms with Crippen LogP contribution < -0.4 is 5.32 Å². The summed E-state index contributed by atoms with van der Waals surface area (Å²) in [6, 6.07) is 15.1. The van der Waals surface area contributed by atoms with Gasteiger partial charge >= 0.3 is 12.1 Å². The molecule has 2 amide bonds. The van der Waals surface area contributed by atoms with Crippen molar-refractivity contribution in [3.63, 3.8) is 0 Å². The van der Waals surface area contributed by atoms with Gasteiger partial charge in [-0.2, -0.15) is 0 Å². The lowest BCUT2D eigenvalue weighted by Gasteiger charge is -2.26. The third kappa shape index (κ3) is 4.73. The van der Waals surface area contributed by atoms with Gasteiger partial charge < -0.3 is 24.8 Å². The van der Waals surface area contributed by atoms with Gasteiger partial charge in [-0.3, -0.25) is 4.79 Å². The predicted molar refractivity (Wildman–Crippen MR) is 129 cm³/mol. The summed E-state index contributed by atoms with van der Waals surface area (Å²) in [7, 11) is 1.32. The Hall–Kier alpha value is -3.83. The molecule has 2 unspecified atom stereocenters. The van der Waals surface area contributed by atoms with E-state index in [1.807, 2.05) is 36.4 Å². The minimum absolute atomic E-state index is 0.0864. The predicted octanol–water partition coefficient (Wildman–Crippen LogP) is 3.01. The average molecular weight is 477 g/mol. The summed E-state index contributed by atoms with van der Waals surface area (Å²) in [5, 5.41) is 12.2. The van der Waals surface area contributed by atoms with E-state index in [1.165, 1.54) is 12.0 Å². The van der Waals surface area contributed by atoms with Gasteiger partial charge in [-0.25, -0.2) is 9.59 Å². The van der Waals surface area contributed by atoms with Crippen molar-refractivity contribution in [2.75, 3.05) is 26.8 Å². The molecule has 2 aliphatic rings. The molecule has 2 N–H and O–H groups in total. The fourth-order valence-electron chi connectivity index (χ4n) is 4.81. The Morgan fingerprint density at radius 2 is 1.77 bits per heavy atom. The van der Waals surface area contributed by atoms with E-state index in [0.29, 0.717) is 0 Å². The van der Waals surface area contributed by atoms with E-state index in [-0.39, 0.29) is 38.5 Å². The van der Waals surface area contributed by atoms with Gasteiger partial charge in [-0.1, -0.05) is 48.5 Å². The molecule has 0 radical (unpaired) electrons. The van der Waals surface area contributed by atoms with Gasteiger partial charge in [0.05, 0.1) is 6.54 Å². The number of amides is 2. The molecule has 1 aliphatic carbocycles. The Labute approximate surface area is 204 Å². The monoisotopic (exact) mass is 476 g/mol. The van der Waals surface area contributed by atoms with Gasteiger partial charge in [0.15, 0.2) is 5.60 Å². The third-order valence-electron chi connectivity index (χ3n) is 6.74. The molecule has 8 heteroatoms. The van der Waals surface area contributed by atoms with E-state index in [0.717, 1.165) is 22.3 Å². The third-order valence-corrected chi connectivity index (χ3v) is 6.74. The second kappa shape index (κ2) is 10.2. The number of aliphatic carboxylic acids is 1. The van der Waals surface area contributed by atoms with Gasteiger partial charge in [0.2, 0.25) is 5.91 Å². The van der Waals surface area contributed by atoms with E-state index in [1.54, 1.807) is 6.92 Å². The largest absolute Gasteiger partial charge is 0.479 e. The van der Waals surface area contributed by atoms with Gasteiger partial charge in [-0.15, -0.1) is 11.8 Å². The van der Waals surface area contributed by atoms with Crippen molar-refractivity contribution >= 4 is 18.0 Å². The van der Waals surface area contributed by atoms with Crippen molar-refractivity contribution in [1.29, 1.82) is 0 Å². The number of benzene rings is 2. The molecule has 1 saturated heterocycles. The SMILES string of the molecule is CC#CCC(NC(=O)OCC1c2ccccc2-c2ccccc21)C(=O)N1CCC(OC)(C(=O)O)C1. The van der Waals surface area contributed by atoms with Crippen molar-refractivity contribution in [2.45, 2.75) is 37.3 Å².